The Hall–Kier alpha value is -1.61. The van der Waals surface area contributed by atoms with Crippen LogP contribution in [-0.4, -0.2) is 16.1 Å². The molecule has 1 unspecified atom stereocenters. The Balaban J connectivity index is 2.23. The highest BCUT2D eigenvalue weighted by atomic mass is 15.1. The predicted molar refractivity (Wildman–Crippen MR) is 74.6 cm³/mol. The minimum absolute atomic E-state index is 0.336. The summed E-state index contributed by atoms with van der Waals surface area (Å²) in [5.41, 5.74) is 3.99. The molecule has 1 aromatic carbocycles. The number of aromatic nitrogens is 2. The van der Waals surface area contributed by atoms with Gasteiger partial charge in [-0.25, -0.2) is 4.98 Å². The van der Waals surface area contributed by atoms with Crippen molar-refractivity contribution in [2.75, 3.05) is 6.54 Å². The third-order valence-electron chi connectivity index (χ3n) is 3.05. The van der Waals surface area contributed by atoms with Crippen LogP contribution >= 0.6 is 0 Å². The molecule has 1 heterocycles. The van der Waals surface area contributed by atoms with Gasteiger partial charge in [0.15, 0.2) is 0 Å². The maximum absolute atomic E-state index is 4.10. The number of hydrogen-bond donors (Lipinski definition) is 1. The van der Waals surface area contributed by atoms with Gasteiger partial charge in [0.1, 0.15) is 0 Å². The normalized spacial score (nSPS) is 12.6. The standard InChI is InChI=1S/C15H21N3/c1-4-17-15(10-18-6-5-16-11-18)14-8-12(2)7-13(3)9-14/h5-9,11,15,17H,4,10H2,1-3H3. The van der Waals surface area contributed by atoms with Gasteiger partial charge in [-0.3, -0.25) is 0 Å². The number of hydrogen-bond acceptors (Lipinski definition) is 2. The monoisotopic (exact) mass is 243 g/mol. The quantitative estimate of drug-likeness (QED) is 0.875. The number of nitrogens with zero attached hydrogens (tertiary/aromatic N) is 2. The SMILES string of the molecule is CCNC(Cn1ccnc1)c1cc(C)cc(C)c1. The van der Waals surface area contributed by atoms with Crippen molar-refractivity contribution < 1.29 is 0 Å². The summed E-state index contributed by atoms with van der Waals surface area (Å²) in [6.07, 6.45) is 5.70. The van der Waals surface area contributed by atoms with Gasteiger partial charge in [-0.15, -0.1) is 0 Å². The molecule has 0 bridgehead atoms. The van der Waals surface area contributed by atoms with E-state index in [9.17, 15) is 0 Å². The average Bonchev–Trinajstić information content (AvgIpc) is 2.80. The zero-order chi connectivity index (χ0) is 13.0. The second kappa shape index (κ2) is 5.83. The molecular formula is C15H21N3. The smallest absolute Gasteiger partial charge is 0.0946 e. The van der Waals surface area contributed by atoms with Gasteiger partial charge in [-0.05, 0) is 26.0 Å². The van der Waals surface area contributed by atoms with Gasteiger partial charge in [0.25, 0.3) is 0 Å². The third kappa shape index (κ3) is 3.20. The molecule has 0 aliphatic rings. The van der Waals surface area contributed by atoms with E-state index in [0.717, 1.165) is 13.1 Å². The van der Waals surface area contributed by atoms with Gasteiger partial charge < -0.3 is 9.88 Å². The molecule has 96 valence electrons. The summed E-state index contributed by atoms with van der Waals surface area (Å²) in [5, 5.41) is 3.54. The third-order valence-corrected chi connectivity index (χ3v) is 3.05. The van der Waals surface area contributed by atoms with Crippen LogP contribution < -0.4 is 5.32 Å². The van der Waals surface area contributed by atoms with Crippen molar-refractivity contribution >= 4 is 0 Å². The van der Waals surface area contributed by atoms with Crippen LogP contribution in [0.1, 0.15) is 29.7 Å². The molecule has 18 heavy (non-hydrogen) atoms. The largest absolute Gasteiger partial charge is 0.336 e. The molecule has 1 atom stereocenters. The topological polar surface area (TPSA) is 29.9 Å². The molecule has 0 spiro atoms. The van der Waals surface area contributed by atoms with Gasteiger partial charge >= 0.3 is 0 Å². The fourth-order valence-electron chi connectivity index (χ4n) is 2.35. The minimum Gasteiger partial charge on any atom is -0.336 e. The van der Waals surface area contributed by atoms with E-state index in [4.69, 9.17) is 0 Å². The lowest BCUT2D eigenvalue weighted by Crippen LogP contribution is -2.25. The molecule has 0 fully saturated rings. The van der Waals surface area contributed by atoms with Crippen molar-refractivity contribution in [2.24, 2.45) is 0 Å². The molecule has 1 N–H and O–H groups in total. The number of aryl methyl sites for hydroxylation is 2. The first-order valence-electron chi connectivity index (χ1n) is 6.46. The first-order chi connectivity index (χ1) is 8.69. The van der Waals surface area contributed by atoms with Crippen molar-refractivity contribution in [3.05, 3.63) is 53.6 Å². The maximum atomic E-state index is 4.10. The summed E-state index contributed by atoms with van der Waals surface area (Å²) in [5.74, 6) is 0. The average molecular weight is 243 g/mol. The van der Waals surface area contributed by atoms with E-state index in [2.05, 4.69) is 53.8 Å². The van der Waals surface area contributed by atoms with Crippen molar-refractivity contribution in [2.45, 2.75) is 33.4 Å². The number of nitrogens with one attached hydrogen (secondary N) is 1. The first-order valence-corrected chi connectivity index (χ1v) is 6.46. The first kappa shape index (κ1) is 12.8. The Bertz CT molecular complexity index is 468. The second-order valence-electron chi connectivity index (χ2n) is 4.79. The van der Waals surface area contributed by atoms with Crippen molar-refractivity contribution in [3.8, 4) is 0 Å². The summed E-state index contributed by atoms with van der Waals surface area (Å²) in [6, 6.07) is 7.07. The Morgan fingerprint density at radius 2 is 1.94 bits per heavy atom. The predicted octanol–water partition coefficient (Wildman–Crippen LogP) is 2.85. The molecule has 0 amide bonds. The highest BCUT2D eigenvalue weighted by Gasteiger charge is 2.11. The van der Waals surface area contributed by atoms with Crippen LogP contribution in [0.15, 0.2) is 36.9 Å². The number of likely N-dealkylation sites (N-methyl/N-ethyl adjacent to an activating group) is 1. The van der Waals surface area contributed by atoms with Crippen molar-refractivity contribution in [1.82, 2.24) is 14.9 Å². The maximum Gasteiger partial charge on any atom is 0.0946 e. The molecule has 0 aliphatic heterocycles. The Labute approximate surface area is 109 Å². The van der Waals surface area contributed by atoms with E-state index in [1.165, 1.54) is 16.7 Å². The minimum atomic E-state index is 0.336. The molecule has 0 aliphatic carbocycles. The van der Waals surface area contributed by atoms with E-state index in [1.54, 1.807) is 0 Å². The Kier molecular flexibility index (Phi) is 4.15. The fourth-order valence-corrected chi connectivity index (χ4v) is 2.35. The van der Waals surface area contributed by atoms with Gasteiger partial charge in [0.05, 0.1) is 12.4 Å². The Morgan fingerprint density at radius 3 is 2.50 bits per heavy atom. The molecular weight excluding hydrogens is 222 g/mol. The number of rotatable bonds is 5. The van der Waals surface area contributed by atoms with Crippen LogP contribution in [0.2, 0.25) is 0 Å². The van der Waals surface area contributed by atoms with Crippen LogP contribution in [0.25, 0.3) is 0 Å². The van der Waals surface area contributed by atoms with E-state index < -0.39 is 0 Å². The summed E-state index contributed by atoms with van der Waals surface area (Å²) < 4.78 is 2.12. The molecule has 3 nitrogen and oxygen atoms in total. The molecule has 1 aromatic heterocycles. The molecule has 0 radical (unpaired) electrons. The fraction of sp³-hybridized carbons (Fsp3) is 0.400. The van der Waals surface area contributed by atoms with Crippen molar-refractivity contribution in [3.63, 3.8) is 0 Å². The second-order valence-corrected chi connectivity index (χ2v) is 4.79. The molecule has 0 saturated heterocycles. The van der Waals surface area contributed by atoms with E-state index >= 15 is 0 Å². The van der Waals surface area contributed by atoms with Gasteiger partial charge in [0, 0.05) is 18.9 Å². The van der Waals surface area contributed by atoms with E-state index in [-0.39, 0.29) is 0 Å². The van der Waals surface area contributed by atoms with Gasteiger partial charge in [-0.1, -0.05) is 36.2 Å². The van der Waals surface area contributed by atoms with Crippen LogP contribution in [0.4, 0.5) is 0 Å². The number of imidazole rings is 1. The lowest BCUT2D eigenvalue weighted by Gasteiger charge is -2.20. The molecule has 2 aromatic rings. The summed E-state index contributed by atoms with van der Waals surface area (Å²) in [4.78, 5) is 4.10. The van der Waals surface area contributed by atoms with Crippen LogP contribution in [0.5, 0.6) is 0 Å². The zero-order valence-electron chi connectivity index (χ0n) is 11.4. The number of benzene rings is 1. The molecule has 3 heteroatoms. The van der Waals surface area contributed by atoms with Crippen molar-refractivity contribution in [1.29, 1.82) is 0 Å². The summed E-state index contributed by atoms with van der Waals surface area (Å²) in [6.45, 7) is 8.32. The zero-order valence-corrected chi connectivity index (χ0v) is 11.4. The summed E-state index contributed by atoms with van der Waals surface area (Å²) >= 11 is 0. The summed E-state index contributed by atoms with van der Waals surface area (Å²) in [7, 11) is 0. The van der Waals surface area contributed by atoms with Gasteiger partial charge in [-0.2, -0.15) is 0 Å². The van der Waals surface area contributed by atoms with E-state index in [1.807, 2.05) is 18.7 Å². The molecule has 0 saturated carbocycles. The van der Waals surface area contributed by atoms with Crippen LogP contribution in [-0.2, 0) is 6.54 Å². The van der Waals surface area contributed by atoms with E-state index in [0.29, 0.717) is 6.04 Å². The highest BCUT2D eigenvalue weighted by molar-refractivity contribution is 5.30. The highest BCUT2D eigenvalue weighted by Crippen LogP contribution is 2.18. The van der Waals surface area contributed by atoms with Crippen LogP contribution in [0, 0.1) is 13.8 Å². The van der Waals surface area contributed by atoms with Crippen LogP contribution in [0.3, 0.4) is 0 Å². The lowest BCUT2D eigenvalue weighted by molar-refractivity contribution is 0.474. The lowest BCUT2D eigenvalue weighted by atomic mass is 10.0. The Morgan fingerprint density at radius 1 is 1.22 bits per heavy atom. The van der Waals surface area contributed by atoms with Gasteiger partial charge in [0.2, 0.25) is 0 Å². The molecule has 2 rings (SSSR count).